The predicted molar refractivity (Wildman–Crippen MR) is 129 cm³/mol. The monoisotopic (exact) mass is 453 g/mol. The van der Waals surface area contributed by atoms with Gasteiger partial charge in [0, 0.05) is 12.6 Å². The minimum Gasteiger partial charge on any atom is -0.461 e. The van der Waals surface area contributed by atoms with Crippen LogP contribution in [0.25, 0.3) is 22.0 Å². The molecule has 1 aliphatic heterocycles. The summed E-state index contributed by atoms with van der Waals surface area (Å²) in [6.45, 7) is 2.52. The Bertz CT molecular complexity index is 1340. The molecule has 8 heteroatoms. The Balaban J connectivity index is 1.55. The molecule has 34 heavy (non-hydrogen) atoms. The Kier molecular flexibility index (Phi) is 6.11. The van der Waals surface area contributed by atoms with Gasteiger partial charge in [0.15, 0.2) is 17.6 Å². The van der Waals surface area contributed by atoms with Gasteiger partial charge in [-0.2, -0.15) is 0 Å². The van der Waals surface area contributed by atoms with Gasteiger partial charge in [0.2, 0.25) is 0 Å². The number of fused-ring (bicyclic) bond motifs is 1. The highest BCUT2D eigenvalue weighted by Crippen LogP contribution is 2.35. The average molecular weight is 454 g/mol. The van der Waals surface area contributed by atoms with Crippen molar-refractivity contribution in [1.29, 1.82) is 0 Å². The summed E-state index contributed by atoms with van der Waals surface area (Å²) in [7, 11) is 0. The topological polar surface area (TPSA) is 98.6 Å². The maximum Gasteiger partial charge on any atom is 0.356 e. The summed E-state index contributed by atoms with van der Waals surface area (Å²) in [5.74, 6) is 0.633. The highest BCUT2D eigenvalue weighted by Gasteiger charge is 2.31. The summed E-state index contributed by atoms with van der Waals surface area (Å²) in [5, 5.41) is 8.25. The number of hydrogen-bond donors (Lipinski definition) is 1. The lowest BCUT2D eigenvalue weighted by Crippen LogP contribution is -2.17. The molecule has 8 nitrogen and oxygen atoms in total. The van der Waals surface area contributed by atoms with Gasteiger partial charge in [-0.15, -0.1) is 0 Å². The molecule has 2 aromatic carbocycles. The van der Waals surface area contributed by atoms with Crippen molar-refractivity contribution in [2.45, 2.75) is 26.0 Å². The molecule has 5 rings (SSSR count). The number of carbonyl (C=O) groups is 1. The minimum atomic E-state index is -0.570. The minimum absolute atomic E-state index is 0.233. The van der Waals surface area contributed by atoms with Crippen LogP contribution in [0.5, 0.6) is 0 Å². The Morgan fingerprint density at radius 1 is 1.06 bits per heavy atom. The van der Waals surface area contributed by atoms with Gasteiger partial charge in [0.25, 0.3) is 0 Å². The number of aromatic nitrogens is 3. The Morgan fingerprint density at radius 3 is 2.71 bits per heavy atom. The molecular formula is C26H23N5O3. The third-order valence-corrected chi connectivity index (χ3v) is 5.46. The Hall–Kier alpha value is -4.33. The molecule has 0 aliphatic carbocycles. The van der Waals surface area contributed by atoms with Gasteiger partial charge in [-0.25, -0.2) is 14.8 Å². The Morgan fingerprint density at radius 2 is 1.91 bits per heavy atom. The van der Waals surface area contributed by atoms with E-state index in [-0.39, 0.29) is 18.7 Å². The van der Waals surface area contributed by atoms with Crippen LogP contribution >= 0.6 is 0 Å². The van der Waals surface area contributed by atoms with Crippen LogP contribution in [0, 0.1) is 0 Å². The number of carbonyl (C=O) groups excluding carboxylic acids is 1. The fourth-order valence-corrected chi connectivity index (χ4v) is 3.86. The van der Waals surface area contributed by atoms with E-state index in [0.29, 0.717) is 18.2 Å². The number of hydrogen-bond acceptors (Lipinski definition) is 8. The highest BCUT2D eigenvalue weighted by molar-refractivity contribution is 6.36. The second kappa shape index (κ2) is 9.66. The number of ether oxygens (including phenoxy) is 1. The molecule has 1 aliphatic rings. The van der Waals surface area contributed by atoms with Crippen LogP contribution in [-0.4, -0.2) is 33.2 Å². The predicted octanol–water partition coefficient (Wildman–Crippen LogP) is 4.68. The number of nitrogens with one attached hydrogen (secondary N) is 1. The fourth-order valence-electron chi connectivity index (χ4n) is 3.86. The van der Waals surface area contributed by atoms with Crippen LogP contribution in [0.3, 0.4) is 0 Å². The van der Waals surface area contributed by atoms with Crippen molar-refractivity contribution in [2.75, 3.05) is 11.9 Å². The second-order valence-electron chi connectivity index (χ2n) is 7.73. The third kappa shape index (κ3) is 4.43. The zero-order valence-corrected chi connectivity index (χ0v) is 18.6. The van der Waals surface area contributed by atoms with Crippen molar-refractivity contribution in [3.8, 4) is 11.1 Å². The zero-order chi connectivity index (χ0) is 23.3. The van der Waals surface area contributed by atoms with E-state index >= 15 is 0 Å². The first-order valence-electron chi connectivity index (χ1n) is 11.1. The van der Waals surface area contributed by atoms with Crippen LogP contribution < -0.4 is 5.32 Å². The first-order valence-corrected chi connectivity index (χ1v) is 11.1. The van der Waals surface area contributed by atoms with Crippen molar-refractivity contribution in [1.82, 2.24) is 15.0 Å². The van der Waals surface area contributed by atoms with Gasteiger partial charge in [0.1, 0.15) is 5.82 Å². The maximum absolute atomic E-state index is 12.1. The van der Waals surface area contributed by atoms with Gasteiger partial charge in [-0.3, -0.25) is 4.98 Å². The van der Waals surface area contributed by atoms with Gasteiger partial charge < -0.3 is 14.9 Å². The average Bonchev–Trinajstić information content (AvgIpc) is 3.39. The Labute approximate surface area is 196 Å². The van der Waals surface area contributed by atoms with Gasteiger partial charge in [0.05, 0.1) is 29.7 Å². The van der Waals surface area contributed by atoms with Gasteiger partial charge >= 0.3 is 5.97 Å². The van der Waals surface area contributed by atoms with Crippen LogP contribution in [0.15, 0.2) is 78.1 Å². The molecule has 170 valence electrons. The van der Waals surface area contributed by atoms with Crippen molar-refractivity contribution < 1.29 is 14.4 Å². The molecule has 0 amide bonds. The lowest BCUT2D eigenvalue weighted by molar-refractivity contribution is -0.135. The summed E-state index contributed by atoms with van der Waals surface area (Å²) in [4.78, 5) is 31.6. The van der Waals surface area contributed by atoms with E-state index in [1.54, 1.807) is 13.1 Å². The highest BCUT2D eigenvalue weighted by atomic mass is 16.6. The van der Waals surface area contributed by atoms with Crippen molar-refractivity contribution in [2.24, 2.45) is 5.16 Å². The summed E-state index contributed by atoms with van der Waals surface area (Å²) in [6, 6.07) is 21.9. The van der Waals surface area contributed by atoms with E-state index in [1.807, 2.05) is 48.5 Å². The SMILES string of the molecule is CCOC(=O)C1=NO[C@H](c2nc(NCc3ccccn3)c3c(-c4ccccc4)cccc3n2)C1. The number of anilines is 1. The normalized spacial score (nSPS) is 15.0. The number of rotatable bonds is 7. The number of esters is 1. The largest absolute Gasteiger partial charge is 0.461 e. The first kappa shape index (κ1) is 21.5. The molecule has 0 spiro atoms. The molecular weight excluding hydrogens is 430 g/mol. The summed E-state index contributed by atoms with van der Waals surface area (Å²) >= 11 is 0. The summed E-state index contributed by atoms with van der Waals surface area (Å²) in [6.07, 6.45) is 1.44. The van der Waals surface area contributed by atoms with Crippen LogP contribution in [-0.2, 0) is 20.9 Å². The van der Waals surface area contributed by atoms with Crippen molar-refractivity contribution in [3.05, 3.63) is 84.4 Å². The van der Waals surface area contributed by atoms with Crippen molar-refractivity contribution in [3.63, 3.8) is 0 Å². The zero-order valence-electron chi connectivity index (χ0n) is 18.6. The molecule has 4 aromatic rings. The summed E-state index contributed by atoms with van der Waals surface area (Å²) in [5.41, 5.74) is 3.97. The van der Waals surface area contributed by atoms with E-state index in [2.05, 4.69) is 33.7 Å². The molecule has 0 saturated heterocycles. The van der Waals surface area contributed by atoms with E-state index in [1.165, 1.54) is 0 Å². The molecule has 0 saturated carbocycles. The second-order valence-corrected chi connectivity index (χ2v) is 7.73. The lowest BCUT2D eigenvalue weighted by Gasteiger charge is -2.16. The van der Waals surface area contributed by atoms with Crippen LogP contribution in [0.2, 0.25) is 0 Å². The van der Waals surface area contributed by atoms with E-state index in [9.17, 15) is 4.79 Å². The van der Waals surface area contributed by atoms with Crippen molar-refractivity contribution >= 4 is 28.4 Å². The number of oxime groups is 1. The number of pyridine rings is 1. The maximum atomic E-state index is 12.1. The fraction of sp³-hybridized carbons (Fsp3) is 0.192. The lowest BCUT2D eigenvalue weighted by atomic mass is 10.0. The van der Waals surface area contributed by atoms with E-state index < -0.39 is 12.1 Å². The van der Waals surface area contributed by atoms with E-state index in [0.717, 1.165) is 27.7 Å². The van der Waals surface area contributed by atoms with Crippen LogP contribution in [0.1, 0.15) is 31.0 Å². The standard InChI is InChI=1S/C26H23N5O3/c1-2-33-26(32)21-15-22(34-31-21)24-29-20-13-8-12-19(17-9-4-3-5-10-17)23(20)25(30-24)28-16-18-11-6-7-14-27-18/h3-14,22H,2,15-16H2,1H3,(H,28,29,30)/t22-/m0/s1. The number of benzene rings is 2. The quantitative estimate of drug-likeness (QED) is 0.406. The van der Waals surface area contributed by atoms with Gasteiger partial charge in [-0.05, 0) is 36.2 Å². The molecule has 2 aromatic heterocycles. The smallest absolute Gasteiger partial charge is 0.356 e. The van der Waals surface area contributed by atoms with E-state index in [4.69, 9.17) is 19.5 Å². The number of nitrogens with zero attached hydrogens (tertiary/aromatic N) is 4. The molecule has 0 radical (unpaired) electrons. The first-order chi connectivity index (χ1) is 16.7. The molecule has 0 fully saturated rings. The molecule has 1 N–H and O–H groups in total. The summed E-state index contributed by atoms with van der Waals surface area (Å²) < 4.78 is 5.05. The van der Waals surface area contributed by atoms with Crippen LogP contribution in [0.4, 0.5) is 5.82 Å². The third-order valence-electron chi connectivity index (χ3n) is 5.46. The molecule has 0 bridgehead atoms. The molecule has 1 atom stereocenters. The molecule has 3 heterocycles. The molecule has 0 unspecified atom stereocenters. The van der Waals surface area contributed by atoms with Gasteiger partial charge in [-0.1, -0.05) is 53.7 Å².